The molecule has 2 aromatic rings. The van der Waals surface area contributed by atoms with Crippen LogP contribution in [-0.4, -0.2) is 15.3 Å². The van der Waals surface area contributed by atoms with Crippen molar-refractivity contribution in [3.8, 4) is 6.07 Å². The summed E-state index contributed by atoms with van der Waals surface area (Å²) in [5.74, 6) is 1.90. The van der Waals surface area contributed by atoms with Crippen LogP contribution in [0.2, 0.25) is 0 Å². The Morgan fingerprint density at radius 1 is 1.32 bits per heavy atom. The molecule has 0 unspecified atom stereocenters. The summed E-state index contributed by atoms with van der Waals surface area (Å²) < 4.78 is 1.96. The Labute approximate surface area is 153 Å². The molecule has 0 spiro atoms. The van der Waals surface area contributed by atoms with Gasteiger partial charge in [0.15, 0.2) is 5.16 Å². The highest BCUT2D eigenvalue weighted by molar-refractivity contribution is 7.99. The van der Waals surface area contributed by atoms with E-state index in [1.807, 2.05) is 28.8 Å². The number of thioether (sulfide) groups is 1. The van der Waals surface area contributed by atoms with E-state index in [9.17, 15) is 4.79 Å². The van der Waals surface area contributed by atoms with Gasteiger partial charge in [-0.15, -0.1) is 0 Å². The lowest BCUT2D eigenvalue weighted by molar-refractivity contribution is 0.173. The highest BCUT2D eigenvalue weighted by Crippen LogP contribution is 2.38. The summed E-state index contributed by atoms with van der Waals surface area (Å²) in [4.78, 5) is 18.1. The number of para-hydroxylation sites is 1. The molecule has 1 aliphatic carbocycles. The fourth-order valence-corrected chi connectivity index (χ4v) is 4.74. The van der Waals surface area contributed by atoms with Gasteiger partial charge in [-0.2, -0.15) is 5.26 Å². The zero-order valence-electron chi connectivity index (χ0n) is 14.9. The molecule has 1 heterocycles. The van der Waals surface area contributed by atoms with Crippen molar-refractivity contribution in [1.29, 1.82) is 5.26 Å². The predicted molar refractivity (Wildman–Crippen MR) is 103 cm³/mol. The maximum Gasteiger partial charge on any atom is 0.262 e. The zero-order valence-corrected chi connectivity index (χ0v) is 15.8. The molecule has 1 aliphatic rings. The number of unbranched alkanes of at least 4 members (excludes halogenated alkanes) is 1. The monoisotopic (exact) mass is 355 g/mol. The van der Waals surface area contributed by atoms with Gasteiger partial charge in [0.05, 0.1) is 17.0 Å². The minimum absolute atomic E-state index is 0.0827. The second kappa shape index (κ2) is 8.05. The van der Waals surface area contributed by atoms with Gasteiger partial charge in [-0.1, -0.05) is 50.6 Å². The Balaban J connectivity index is 2.05. The molecule has 4 nitrogen and oxygen atoms in total. The van der Waals surface area contributed by atoms with Gasteiger partial charge in [0.25, 0.3) is 5.56 Å². The number of rotatable bonds is 5. The van der Waals surface area contributed by atoms with Crippen molar-refractivity contribution < 1.29 is 0 Å². The lowest BCUT2D eigenvalue weighted by Crippen LogP contribution is -2.35. The number of aromatic nitrogens is 2. The van der Waals surface area contributed by atoms with Crippen LogP contribution in [0.1, 0.15) is 52.0 Å². The van der Waals surface area contributed by atoms with Gasteiger partial charge in [-0.05, 0) is 36.8 Å². The molecule has 1 aromatic carbocycles. The normalized spacial score (nSPS) is 23.5. The van der Waals surface area contributed by atoms with Crippen molar-refractivity contribution in [2.24, 2.45) is 11.8 Å². The lowest BCUT2D eigenvalue weighted by Gasteiger charge is -2.36. The van der Waals surface area contributed by atoms with E-state index in [1.54, 1.807) is 11.8 Å². The van der Waals surface area contributed by atoms with E-state index in [2.05, 4.69) is 19.9 Å². The molecule has 0 aliphatic heterocycles. The smallest absolute Gasteiger partial charge is 0.262 e. The van der Waals surface area contributed by atoms with E-state index in [0.29, 0.717) is 23.6 Å². The lowest BCUT2D eigenvalue weighted by atomic mass is 9.78. The van der Waals surface area contributed by atoms with Gasteiger partial charge < -0.3 is 0 Å². The molecule has 3 atom stereocenters. The quantitative estimate of drug-likeness (QED) is 0.439. The van der Waals surface area contributed by atoms with Crippen molar-refractivity contribution in [2.45, 2.75) is 57.1 Å². The molecule has 0 amide bonds. The van der Waals surface area contributed by atoms with Crippen molar-refractivity contribution in [2.75, 3.05) is 5.75 Å². The SMILES string of the molecule is C[C@@H]1[C@H](C)CCC[C@@H]1n1c(SCCCC#N)nc2ccccc2c1=O. The van der Waals surface area contributed by atoms with Crippen molar-refractivity contribution in [3.63, 3.8) is 0 Å². The highest BCUT2D eigenvalue weighted by atomic mass is 32.2. The van der Waals surface area contributed by atoms with Crippen LogP contribution < -0.4 is 5.56 Å². The molecule has 132 valence electrons. The molecular weight excluding hydrogens is 330 g/mol. The van der Waals surface area contributed by atoms with E-state index in [-0.39, 0.29) is 11.6 Å². The first-order valence-electron chi connectivity index (χ1n) is 9.14. The van der Waals surface area contributed by atoms with E-state index in [4.69, 9.17) is 10.2 Å². The highest BCUT2D eigenvalue weighted by Gasteiger charge is 2.31. The predicted octanol–water partition coefficient (Wildman–Crippen LogP) is 4.79. The fraction of sp³-hybridized carbons (Fsp3) is 0.550. The summed E-state index contributed by atoms with van der Waals surface area (Å²) in [5.41, 5.74) is 0.849. The Bertz CT molecular complexity index is 839. The molecule has 0 bridgehead atoms. The third-order valence-corrected chi connectivity index (χ3v) is 6.47. The Morgan fingerprint density at radius 3 is 2.92 bits per heavy atom. The van der Waals surface area contributed by atoms with Crippen molar-refractivity contribution in [3.05, 3.63) is 34.6 Å². The van der Waals surface area contributed by atoms with E-state index in [0.717, 1.165) is 35.7 Å². The maximum absolute atomic E-state index is 13.2. The molecule has 5 heteroatoms. The summed E-state index contributed by atoms with van der Waals surface area (Å²) in [5, 5.41) is 10.3. The van der Waals surface area contributed by atoms with Gasteiger partial charge in [0.1, 0.15) is 0 Å². The number of fused-ring (bicyclic) bond motifs is 1. The summed E-state index contributed by atoms with van der Waals surface area (Å²) in [7, 11) is 0. The number of benzene rings is 1. The van der Waals surface area contributed by atoms with Crippen LogP contribution in [0.5, 0.6) is 0 Å². The molecule has 0 N–H and O–H groups in total. The first-order chi connectivity index (χ1) is 12.1. The van der Waals surface area contributed by atoms with Crippen LogP contribution in [0.3, 0.4) is 0 Å². The van der Waals surface area contributed by atoms with Crippen LogP contribution in [0.25, 0.3) is 10.9 Å². The largest absolute Gasteiger partial charge is 0.284 e. The van der Waals surface area contributed by atoms with Crippen LogP contribution in [0.15, 0.2) is 34.2 Å². The standard InChI is InChI=1S/C20H25N3OS/c1-14-8-7-11-18(15(14)2)23-19(24)16-9-3-4-10-17(16)22-20(23)25-13-6-5-12-21/h3-4,9-10,14-15,18H,5-8,11,13H2,1-2H3/t14-,15-,18+/m1/s1. The molecule has 25 heavy (non-hydrogen) atoms. The van der Waals surface area contributed by atoms with E-state index < -0.39 is 0 Å². The topological polar surface area (TPSA) is 58.7 Å². The van der Waals surface area contributed by atoms with Crippen LogP contribution in [0.4, 0.5) is 0 Å². The third kappa shape index (κ3) is 3.74. The first kappa shape index (κ1) is 18.0. The fourth-order valence-electron chi connectivity index (χ4n) is 3.75. The molecule has 1 fully saturated rings. The Morgan fingerprint density at radius 2 is 2.12 bits per heavy atom. The maximum atomic E-state index is 13.2. The molecule has 1 saturated carbocycles. The Hall–Kier alpha value is -1.80. The molecule has 1 aromatic heterocycles. The van der Waals surface area contributed by atoms with Crippen LogP contribution in [0, 0.1) is 23.2 Å². The first-order valence-corrected chi connectivity index (χ1v) is 10.1. The molecular formula is C20H25N3OS. The second-order valence-electron chi connectivity index (χ2n) is 7.03. The van der Waals surface area contributed by atoms with Crippen molar-refractivity contribution in [1.82, 2.24) is 9.55 Å². The van der Waals surface area contributed by atoms with Crippen molar-refractivity contribution >= 4 is 22.7 Å². The van der Waals surface area contributed by atoms with Gasteiger partial charge >= 0.3 is 0 Å². The summed E-state index contributed by atoms with van der Waals surface area (Å²) in [6.45, 7) is 4.55. The minimum Gasteiger partial charge on any atom is -0.284 e. The average Bonchev–Trinajstić information content (AvgIpc) is 2.62. The van der Waals surface area contributed by atoms with Crippen LogP contribution in [-0.2, 0) is 0 Å². The van der Waals surface area contributed by atoms with Gasteiger partial charge in [-0.3, -0.25) is 9.36 Å². The Kier molecular flexibility index (Phi) is 5.80. The summed E-state index contributed by atoms with van der Waals surface area (Å²) in [6, 6.07) is 10.0. The van der Waals surface area contributed by atoms with Gasteiger partial charge in [0, 0.05) is 18.2 Å². The second-order valence-corrected chi connectivity index (χ2v) is 8.09. The molecule has 0 radical (unpaired) electrons. The van der Waals surface area contributed by atoms with E-state index >= 15 is 0 Å². The molecule has 0 saturated heterocycles. The number of nitrogens with zero attached hydrogens (tertiary/aromatic N) is 3. The molecule has 3 rings (SSSR count). The number of nitriles is 1. The number of hydrogen-bond acceptors (Lipinski definition) is 4. The van der Waals surface area contributed by atoms with Crippen LogP contribution >= 0.6 is 11.8 Å². The van der Waals surface area contributed by atoms with E-state index in [1.165, 1.54) is 6.42 Å². The third-order valence-electron chi connectivity index (χ3n) is 5.44. The summed E-state index contributed by atoms with van der Waals surface area (Å²) in [6.07, 6.45) is 4.80. The zero-order chi connectivity index (χ0) is 17.8. The minimum atomic E-state index is 0.0827. The van der Waals surface area contributed by atoms with Gasteiger partial charge in [0.2, 0.25) is 0 Å². The van der Waals surface area contributed by atoms with Gasteiger partial charge in [-0.25, -0.2) is 4.98 Å². The number of hydrogen-bond donors (Lipinski definition) is 0. The summed E-state index contributed by atoms with van der Waals surface area (Å²) >= 11 is 1.61. The average molecular weight is 356 g/mol.